The van der Waals surface area contributed by atoms with Crippen LogP contribution in [0.5, 0.6) is 5.75 Å². The molecule has 1 aliphatic rings. The molecule has 0 spiro atoms. The lowest BCUT2D eigenvalue weighted by Crippen LogP contribution is -2.03. The Morgan fingerprint density at radius 3 is 2.94 bits per heavy atom. The lowest BCUT2D eigenvalue weighted by molar-refractivity contribution is 0.244. The van der Waals surface area contributed by atoms with E-state index in [1.54, 1.807) is 7.11 Å². The van der Waals surface area contributed by atoms with E-state index in [1.807, 2.05) is 13.0 Å². The van der Waals surface area contributed by atoms with Crippen molar-refractivity contribution in [3.63, 3.8) is 0 Å². The number of aryl methyl sites for hydroxylation is 1. The molecule has 1 aromatic carbocycles. The molecule has 0 saturated carbocycles. The first kappa shape index (κ1) is 12.7. The van der Waals surface area contributed by atoms with E-state index in [0.717, 1.165) is 24.4 Å². The molecule has 0 saturated heterocycles. The van der Waals surface area contributed by atoms with Crippen molar-refractivity contribution in [1.29, 1.82) is 0 Å². The molecule has 1 aliphatic carbocycles. The van der Waals surface area contributed by atoms with E-state index in [4.69, 9.17) is 9.47 Å². The SMILES string of the molecule is C=C(C=C1CCCc2ccc(OC)cc21)OCC. The van der Waals surface area contributed by atoms with Gasteiger partial charge in [0.25, 0.3) is 0 Å². The van der Waals surface area contributed by atoms with Gasteiger partial charge in [-0.15, -0.1) is 0 Å². The van der Waals surface area contributed by atoms with Gasteiger partial charge in [0.1, 0.15) is 11.5 Å². The maximum Gasteiger partial charge on any atom is 0.119 e. The highest BCUT2D eigenvalue weighted by atomic mass is 16.5. The fraction of sp³-hybridized carbons (Fsp3) is 0.375. The van der Waals surface area contributed by atoms with E-state index in [2.05, 4.69) is 24.8 Å². The number of hydrogen-bond acceptors (Lipinski definition) is 2. The maximum absolute atomic E-state index is 5.41. The standard InChI is InChI=1S/C16H20O2/c1-4-18-12(2)10-14-7-5-6-13-8-9-15(17-3)11-16(13)14/h8-11H,2,4-7H2,1,3H3. The number of benzene rings is 1. The molecule has 0 aromatic heterocycles. The van der Waals surface area contributed by atoms with Crippen LogP contribution in [0.4, 0.5) is 0 Å². The smallest absolute Gasteiger partial charge is 0.119 e. The quantitative estimate of drug-likeness (QED) is 0.746. The summed E-state index contributed by atoms with van der Waals surface area (Å²) in [6.07, 6.45) is 5.45. The molecule has 2 nitrogen and oxygen atoms in total. The van der Waals surface area contributed by atoms with Crippen molar-refractivity contribution in [2.24, 2.45) is 0 Å². The Labute approximate surface area is 109 Å². The van der Waals surface area contributed by atoms with Gasteiger partial charge in [-0.1, -0.05) is 12.6 Å². The largest absolute Gasteiger partial charge is 0.497 e. The summed E-state index contributed by atoms with van der Waals surface area (Å²) in [6.45, 7) is 6.56. The summed E-state index contributed by atoms with van der Waals surface area (Å²) in [5, 5.41) is 0. The molecule has 0 atom stereocenters. The first-order chi connectivity index (χ1) is 8.74. The summed E-state index contributed by atoms with van der Waals surface area (Å²) < 4.78 is 10.7. The van der Waals surface area contributed by atoms with E-state index in [1.165, 1.54) is 23.1 Å². The van der Waals surface area contributed by atoms with E-state index in [-0.39, 0.29) is 0 Å². The number of ether oxygens (including phenoxy) is 2. The molecule has 0 unspecified atom stereocenters. The minimum Gasteiger partial charge on any atom is -0.497 e. The normalized spacial score (nSPS) is 16.2. The van der Waals surface area contributed by atoms with Gasteiger partial charge in [-0.05, 0) is 61.1 Å². The monoisotopic (exact) mass is 244 g/mol. The summed E-state index contributed by atoms with van der Waals surface area (Å²) >= 11 is 0. The predicted octanol–water partition coefficient (Wildman–Crippen LogP) is 3.97. The molecular weight excluding hydrogens is 224 g/mol. The van der Waals surface area contributed by atoms with Crippen LogP contribution in [0, 0.1) is 0 Å². The minimum atomic E-state index is 0.660. The first-order valence-electron chi connectivity index (χ1n) is 6.44. The fourth-order valence-corrected chi connectivity index (χ4v) is 2.37. The van der Waals surface area contributed by atoms with Gasteiger partial charge in [-0.25, -0.2) is 0 Å². The van der Waals surface area contributed by atoms with Crippen LogP contribution in [-0.4, -0.2) is 13.7 Å². The van der Waals surface area contributed by atoms with Crippen molar-refractivity contribution in [3.05, 3.63) is 47.7 Å². The van der Waals surface area contributed by atoms with Crippen molar-refractivity contribution >= 4 is 5.57 Å². The Hall–Kier alpha value is -1.70. The van der Waals surface area contributed by atoms with Gasteiger partial charge in [0.2, 0.25) is 0 Å². The van der Waals surface area contributed by atoms with Gasteiger partial charge in [-0.3, -0.25) is 0 Å². The molecule has 2 heteroatoms. The van der Waals surface area contributed by atoms with E-state index in [0.29, 0.717) is 6.61 Å². The lowest BCUT2D eigenvalue weighted by Gasteiger charge is -2.20. The maximum atomic E-state index is 5.41. The summed E-state index contributed by atoms with van der Waals surface area (Å²) in [7, 11) is 1.70. The first-order valence-corrected chi connectivity index (χ1v) is 6.44. The molecule has 0 radical (unpaired) electrons. The molecule has 96 valence electrons. The van der Waals surface area contributed by atoms with Gasteiger partial charge >= 0.3 is 0 Å². The molecular formula is C16H20O2. The van der Waals surface area contributed by atoms with Gasteiger partial charge in [0.15, 0.2) is 0 Å². The molecule has 1 aromatic rings. The zero-order valence-corrected chi connectivity index (χ0v) is 11.2. The van der Waals surface area contributed by atoms with Crippen LogP contribution in [0.1, 0.15) is 30.9 Å². The predicted molar refractivity (Wildman–Crippen MR) is 74.7 cm³/mol. The zero-order chi connectivity index (χ0) is 13.0. The van der Waals surface area contributed by atoms with Crippen molar-refractivity contribution in [1.82, 2.24) is 0 Å². The Morgan fingerprint density at radius 2 is 2.22 bits per heavy atom. The zero-order valence-electron chi connectivity index (χ0n) is 11.2. The molecule has 2 rings (SSSR count). The van der Waals surface area contributed by atoms with Crippen LogP contribution in [0.15, 0.2) is 36.6 Å². The van der Waals surface area contributed by atoms with Crippen molar-refractivity contribution in [3.8, 4) is 5.75 Å². The highest BCUT2D eigenvalue weighted by Crippen LogP contribution is 2.33. The topological polar surface area (TPSA) is 18.5 Å². The van der Waals surface area contributed by atoms with Crippen LogP contribution in [-0.2, 0) is 11.2 Å². The van der Waals surface area contributed by atoms with Gasteiger partial charge in [0.05, 0.1) is 13.7 Å². The highest BCUT2D eigenvalue weighted by molar-refractivity contribution is 5.72. The third-order valence-corrected chi connectivity index (χ3v) is 3.22. The Kier molecular flexibility index (Phi) is 4.08. The lowest BCUT2D eigenvalue weighted by atomic mass is 9.87. The number of allylic oxidation sites excluding steroid dienone is 2. The van der Waals surface area contributed by atoms with Gasteiger partial charge < -0.3 is 9.47 Å². The average molecular weight is 244 g/mol. The third kappa shape index (κ3) is 2.76. The van der Waals surface area contributed by atoms with Crippen molar-refractivity contribution in [2.75, 3.05) is 13.7 Å². The Balaban J connectivity index is 2.34. The minimum absolute atomic E-state index is 0.660. The molecule has 0 amide bonds. The second-order valence-corrected chi connectivity index (χ2v) is 4.45. The molecule has 0 fully saturated rings. The molecule has 0 heterocycles. The molecule has 0 N–H and O–H groups in total. The third-order valence-electron chi connectivity index (χ3n) is 3.22. The Bertz CT molecular complexity index is 472. The van der Waals surface area contributed by atoms with Crippen LogP contribution in [0.3, 0.4) is 0 Å². The van der Waals surface area contributed by atoms with Gasteiger partial charge in [0, 0.05) is 0 Å². The summed E-state index contributed by atoms with van der Waals surface area (Å²) in [6, 6.07) is 6.29. The summed E-state index contributed by atoms with van der Waals surface area (Å²) in [4.78, 5) is 0. The molecule has 0 aliphatic heterocycles. The highest BCUT2D eigenvalue weighted by Gasteiger charge is 2.15. The summed E-state index contributed by atoms with van der Waals surface area (Å²) in [5.74, 6) is 1.65. The van der Waals surface area contributed by atoms with Crippen LogP contribution < -0.4 is 4.74 Å². The molecule has 0 bridgehead atoms. The van der Waals surface area contributed by atoms with E-state index in [9.17, 15) is 0 Å². The number of fused-ring (bicyclic) bond motifs is 1. The second kappa shape index (κ2) is 5.76. The number of methoxy groups -OCH3 is 1. The van der Waals surface area contributed by atoms with Crippen molar-refractivity contribution in [2.45, 2.75) is 26.2 Å². The Morgan fingerprint density at radius 1 is 1.39 bits per heavy atom. The van der Waals surface area contributed by atoms with Crippen LogP contribution in [0.25, 0.3) is 5.57 Å². The second-order valence-electron chi connectivity index (χ2n) is 4.45. The van der Waals surface area contributed by atoms with Gasteiger partial charge in [-0.2, -0.15) is 0 Å². The fourth-order valence-electron chi connectivity index (χ4n) is 2.37. The van der Waals surface area contributed by atoms with E-state index < -0.39 is 0 Å². The summed E-state index contributed by atoms with van der Waals surface area (Å²) in [5.41, 5.74) is 3.97. The van der Waals surface area contributed by atoms with Crippen molar-refractivity contribution < 1.29 is 9.47 Å². The number of hydrogen-bond donors (Lipinski definition) is 0. The number of rotatable bonds is 4. The van der Waals surface area contributed by atoms with E-state index >= 15 is 0 Å². The average Bonchev–Trinajstić information content (AvgIpc) is 2.39. The van der Waals surface area contributed by atoms with Crippen LogP contribution >= 0.6 is 0 Å². The van der Waals surface area contributed by atoms with Crippen LogP contribution in [0.2, 0.25) is 0 Å². The molecule has 18 heavy (non-hydrogen) atoms.